The highest BCUT2D eigenvalue weighted by Crippen LogP contribution is 2.32. The molecule has 3 aromatic rings. The molecule has 0 radical (unpaired) electrons. The maximum Gasteiger partial charge on any atom is 0.195 e. The topological polar surface area (TPSA) is 59.4 Å². The zero-order chi connectivity index (χ0) is 15.0. The molecule has 21 heavy (non-hydrogen) atoms. The molecule has 0 fully saturated rings. The van der Waals surface area contributed by atoms with E-state index in [2.05, 4.69) is 20.2 Å². The van der Waals surface area contributed by atoms with Crippen molar-refractivity contribution in [3.05, 3.63) is 45.7 Å². The summed E-state index contributed by atoms with van der Waals surface area (Å²) in [7, 11) is 1.85. The van der Waals surface area contributed by atoms with Gasteiger partial charge in [-0.05, 0) is 36.0 Å². The zero-order valence-corrected chi connectivity index (χ0v) is 13.2. The molecule has 0 spiro atoms. The fourth-order valence-corrected chi connectivity index (χ4v) is 2.62. The number of rotatable bonds is 2. The lowest BCUT2D eigenvalue weighted by molar-refractivity contribution is 0.902. The molecule has 0 bridgehead atoms. The maximum atomic E-state index is 5.97. The third kappa shape index (κ3) is 2.70. The fraction of sp³-hybridized carbons (Fsp3) is 0.0769. The van der Waals surface area contributed by atoms with Crippen LogP contribution in [0.5, 0.6) is 0 Å². The van der Waals surface area contributed by atoms with Gasteiger partial charge in [-0.1, -0.05) is 23.2 Å². The minimum absolute atomic E-state index is 0.322. The summed E-state index contributed by atoms with van der Waals surface area (Å²) < 4.78 is 2.33. The minimum Gasteiger partial charge on any atom is -0.303 e. The molecule has 1 N–H and O–H groups in total. The Kier molecular flexibility index (Phi) is 3.75. The summed E-state index contributed by atoms with van der Waals surface area (Å²) in [5, 5.41) is 7.66. The van der Waals surface area contributed by atoms with Gasteiger partial charge in [0, 0.05) is 30.6 Å². The SMILES string of the molecule is Cn1c(-c2ccncc2-c2cc(Cl)nc(Cl)c2)n[nH]c1=S. The van der Waals surface area contributed by atoms with E-state index in [1.165, 1.54) is 0 Å². The number of H-pyrrole nitrogens is 1. The summed E-state index contributed by atoms with van der Waals surface area (Å²) in [6.45, 7) is 0. The standard InChI is InChI=1S/C13H9Cl2N5S/c1-20-12(18-19-13(20)21)8-2-3-16-6-9(8)7-4-10(14)17-11(15)5-7/h2-6H,1H3,(H,19,21). The van der Waals surface area contributed by atoms with E-state index in [-0.39, 0.29) is 0 Å². The van der Waals surface area contributed by atoms with Crippen molar-refractivity contribution in [3.63, 3.8) is 0 Å². The van der Waals surface area contributed by atoms with Gasteiger partial charge in [0.15, 0.2) is 10.6 Å². The third-order valence-electron chi connectivity index (χ3n) is 3.02. The molecule has 0 saturated heterocycles. The van der Waals surface area contributed by atoms with Gasteiger partial charge in [0.1, 0.15) is 10.3 Å². The van der Waals surface area contributed by atoms with Gasteiger partial charge in [0.05, 0.1) is 0 Å². The molecule has 0 unspecified atom stereocenters. The van der Waals surface area contributed by atoms with Crippen LogP contribution in [0.15, 0.2) is 30.6 Å². The van der Waals surface area contributed by atoms with Crippen LogP contribution in [-0.2, 0) is 7.05 Å². The second-order valence-corrected chi connectivity index (χ2v) is 5.50. The van der Waals surface area contributed by atoms with Gasteiger partial charge in [0.2, 0.25) is 0 Å². The molecule has 5 nitrogen and oxygen atoms in total. The lowest BCUT2D eigenvalue weighted by atomic mass is 10.0. The first-order valence-corrected chi connectivity index (χ1v) is 7.12. The first-order chi connectivity index (χ1) is 10.1. The Hall–Kier alpha value is -1.76. The number of nitrogens with one attached hydrogen (secondary N) is 1. The van der Waals surface area contributed by atoms with Crippen molar-refractivity contribution in [1.29, 1.82) is 0 Å². The van der Waals surface area contributed by atoms with Gasteiger partial charge in [-0.15, -0.1) is 0 Å². The quantitative estimate of drug-likeness (QED) is 0.569. The van der Waals surface area contributed by atoms with Gasteiger partial charge in [-0.25, -0.2) is 4.98 Å². The van der Waals surface area contributed by atoms with Crippen molar-refractivity contribution in [3.8, 4) is 22.5 Å². The molecule has 3 aromatic heterocycles. The molecule has 3 heterocycles. The predicted octanol–water partition coefficient (Wildman–Crippen LogP) is 3.91. The van der Waals surface area contributed by atoms with E-state index in [9.17, 15) is 0 Å². The molecule has 0 amide bonds. The van der Waals surface area contributed by atoms with Crippen LogP contribution in [-0.4, -0.2) is 24.7 Å². The van der Waals surface area contributed by atoms with Crippen molar-refractivity contribution in [2.24, 2.45) is 7.05 Å². The summed E-state index contributed by atoms with van der Waals surface area (Å²) in [5.74, 6) is 0.710. The van der Waals surface area contributed by atoms with Crippen LogP contribution < -0.4 is 0 Å². The van der Waals surface area contributed by atoms with Crippen molar-refractivity contribution in [1.82, 2.24) is 24.7 Å². The number of halogens is 2. The molecule has 8 heteroatoms. The molecule has 0 aliphatic rings. The van der Waals surface area contributed by atoms with Crippen LogP contribution in [0.4, 0.5) is 0 Å². The van der Waals surface area contributed by atoms with E-state index in [0.29, 0.717) is 20.9 Å². The molecule has 0 aliphatic heterocycles. The number of hydrogen-bond donors (Lipinski definition) is 1. The number of pyridine rings is 2. The highest BCUT2D eigenvalue weighted by Gasteiger charge is 2.13. The Balaban J connectivity index is 2.25. The Morgan fingerprint density at radius 3 is 2.52 bits per heavy atom. The van der Waals surface area contributed by atoms with Gasteiger partial charge < -0.3 is 4.57 Å². The highest BCUT2D eigenvalue weighted by molar-refractivity contribution is 7.71. The summed E-state index contributed by atoms with van der Waals surface area (Å²) in [6.07, 6.45) is 3.43. The van der Waals surface area contributed by atoms with Crippen molar-refractivity contribution in [2.45, 2.75) is 0 Å². The van der Waals surface area contributed by atoms with Gasteiger partial charge >= 0.3 is 0 Å². The van der Waals surface area contributed by atoms with Crippen molar-refractivity contribution >= 4 is 35.4 Å². The fourth-order valence-electron chi connectivity index (χ4n) is 2.03. The zero-order valence-electron chi connectivity index (χ0n) is 10.8. The minimum atomic E-state index is 0.322. The highest BCUT2D eigenvalue weighted by atomic mass is 35.5. The molecular formula is C13H9Cl2N5S. The van der Waals surface area contributed by atoms with E-state index in [1.807, 2.05) is 13.1 Å². The van der Waals surface area contributed by atoms with Crippen LogP contribution in [0.1, 0.15) is 0 Å². The lowest BCUT2D eigenvalue weighted by Crippen LogP contribution is -1.96. The summed E-state index contributed by atoms with van der Waals surface area (Å²) in [6, 6.07) is 5.33. The Morgan fingerprint density at radius 2 is 1.90 bits per heavy atom. The van der Waals surface area contributed by atoms with Crippen LogP contribution in [0.2, 0.25) is 10.3 Å². The first-order valence-electron chi connectivity index (χ1n) is 5.95. The van der Waals surface area contributed by atoms with Crippen LogP contribution >= 0.6 is 35.4 Å². The van der Waals surface area contributed by atoms with Gasteiger partial charge in [-0.2, -0.15) is 5.10 Å². The van der Waals surface area contributed by atoms with Gasteiger partial charge in [0.25, 0.3) is 0 Å². The van der Waals surface area contributed by atoms with E-state index in [1.54, 1.807) is 29.1 Å². The number of aromatic amines is 1. The summed E-state index contributed by atoms with van der Waals surface area (Å²) in [4.78, 5) is 8.11. The monoisotopic (exact) mass is 337 g/mol. The molecule has 3 rings (SSSR count). The Bertz CT molecular complexity index is 851. The van der Waals surface area contributed by atoms with E-state index < -0.39 is 0 Å². The van der Waals surface area contributed by atoms with E-state index >= 15 is 0 Å². The lowest BCUT2D eigenvalue weighted by Gasteiger charge is -2.09. The summed E-state index contributed by atoms with van der Waals surface area (Å²) in [5.41, 5.74) is 2.54. The average Bonchev–Trinajstić information content (AvgIpc) is 2.78. The third-order valence-corrected chi connectivity index (χ3v) is 3.77. The average molecular weight is 338 g/mol. The second kappa shape index (κ2) is 5.55. The molecule has 0 aromatic carbocycles. The van der Waals surface area contributed by atoms with E-state index in [0.717, 1.165) is 16.7 Å². The smallest absolute Gasteiger partial charge is 0.195 e. The normalized spacial score (nSPS) is 10.8. The largest absolute Gasteiger partial charge is 0.303 e. The van der Waals surface area contributed by atoms with E-state index in [4.69, 9.17) is 35.4 Å². The molecule has 0 aliphatic carbocycles. The van der Waals surface area contributed by atoms with Crippen LogP contribution in [0.3, 0.4) is 0 Å². The molecular weight excluding hydrogens is 329 g/mol. The first kappa shape index (κ1) is 14.2. The van der Waals surface area contributed by atoms with Crippen LogP contribution in [0, 0.1) is 4.77 Å². The molecule has 106 valence electrons. The second-order valence-electron chi connectivity index (χ2n) is 4.33. The van der Waals surface area contributed by atoms with Gasteiger partial charge in [-0.3, -0.25) is 10.1 Å². The van der Waals surface area contributed by atoms with Crippen molar-refractivity contribution in [2.75, 3.05) is 0 Å². The predicted molar refractivity (Wildman–Crippen MR) is 84.9 cm³/mol. The number of hydrogen-bond acceptors (Lipinski definition) is 4. The molecule has 0 saturated carbocycles. The number of aromatic nitrogens is 5. The van der Waals surface area contributed by atoms with Crippen LogP contribution in [0.25, 0.3) is 22.5 Å². The van der Waals surface area contributed by atoms with Crippen molar-refractivity contribution < 1.29 is 0 Å². The molecule has 0 atom stereocenters. The Labute approximate surface area is 135 Å². The Morgan fingerprint density at radius 1 is 1.19 bits per heavy atom. The maximum absolute atomic E-state index is 5.97. The summed E-state index contributed by atoms with van der Waals surface area (Å²) >= 11 is 17.1. The number of nitrogens with zero attached hydrogens (tertiary/aromatic N) is 4.